The van der Waals surface area contributed by atoms with E-state index >= 15 is 0 Å². The number of anilines is 2. The van der Waals surface area contributed by atoms with Crippen LogP contribution in [0.4, 0.5) is 11.4 Å². The third kappa shape index (κ3) is 4.54. The second kappa shape index (κ2) is 9.34. The average molecular weight is 474 g/mol. The quantitative estimate of drug-likeness (QED) is 0.437. The standard InChI is InChI=1S/C26H27N5O4/c1-16-4-7-19(8-5-16)31(25(32)21-15-27-29-28-21)22-14-18-6-9-23(17(2)24(18)35-26(22)33)34-20-10-12-30(3)13-11-20/h4-9,14-15,20H,10-13H2,1-3H3,(H,27,28,29). The first kappa shape index (κ1) is 22.8. The Morgan fingerprint density at radius 3 is 2.57 bits per heavy atom. The minimum absolute atomic E-state index is 0.0862. The van der Waals surface area contributed by atoms with E-state index in [-0.39, 0.29) is 17.5 Å². The van der Waals surface area contributed by atoms with Crippen LogP contribution in [0.3, 0.4) is 0 Å². The van der Waals surface area contributed by atoms with Gasteiger partial charge < -0.3 is 14.1 Å². The van der Waals surface area contributed by atoms with E-state index < -0.39 is 11.5 Å². The van der Waals surface area contributed by atoms with Crippen LogP contribution < -0.4 is 15.3 Å². The maximum Gasteiger partial charge on any atom is 0.360 e. The monoisotopic (exact) mass is 473 g/mol. The number of hydrogen-bond donors (Lipinski definition) is 1. The number of nitrogens with zero attached hydrogens (tertiary/aromatic N) is 4. The molecule has 0 atom stereocenters. The Morgan fingerprint density at radius 1 is 1.14 bits per heavy atom. The molecule has 0 spiro atoms. The molecule has 9 nitrogen and oxygen atoms in total. The molecule has 2 aromatic carbocycles. The van der Waals surface area contributed by atoms with E-state index in [9.17, 15) is 9.59 Å². The minimum atomic E-state index is -0.630. The molecule has 1 N–H and O–H groups in total. The highest BCUT2D eigenvalue weighted by molar-refractivity contribution is 6.10. The predicted octanol–water partition coefficient (Wildman–Crippen LogP) is 3.98. The summed E-state index contributed by atoms with van der Waals surface area (Å²) in [4.78, 5) is 30.2. The van der Waals surface area contributed by atoms with E-state index in [0.717, 1.165) is 37.1 Å². The van der Waals surface area contributed by atoms with Crippen LogP contribution in [-0.2, 0) is 0 Å². The molecule has 1 saturated heterocycles. The largest absolute Gasteiger partial charge is 0.490 e. The van der Waals surface area contributed by atoms with Gasteiger partial charge in [-0.15, -0.1) is 5.10 Å². The number of H-pyrrole nitrogens is 1. The molecule has 180 valence electrons. The summed E-state index contributed by atoms with van der Waals surface area (Å²) in [5, 5.41) is 10.7. The van der Waals surface area contributed by atoms with E-state index in [1.54, 1.807) is 18.2 Å². The smallest absolute Gasteiger partial charge is 0.360 e. The summed E-state index contributed by atoms with van der Waals surface area (Å²) in [5.41, 5.74) is 2.31. The van der Waals surface area contributed by atoms with Gasteiger partial charge in [-0.3, -0.25) is 14.8 Å². The van der Waals surface area contributed by atoms with Gasteiger partial charge in [-0.25, -0.2) is 4.79 Å². The second-order valence-electron chi connectivity index (χ2n) is 8.98. The molecule has 0 aliphatic carbocycles. The van der Waals surface area contributed by atoms with Crippen LogP contribution in [0.1, 0.15) is 34.5 Å². The molecule has 1 fully saturated rings. The number of carbonyl (C=O) groups is 1. The third-order valence-electron chi connectivity index (χ3n) is 6.41. The van der Waals surface area contributed by atoms with Crippen LogP contribution >= 0.6 is 0 Å². The number of aryl methyl sites for hydroxylation is 2. The summed E-state index contributed by atoms with van der Waals surface area (Å²) in [6.07, 6.45) is 3.42. The molecule has 9 heteroatoms. The average Bonchev–Trinajstić information content (AvgIpc) is 3.39. The second-order valence-corrected chi connectivity index (χ2v) is 8.98. The first-order chi connectivity index (χ1) is 16.9. The molecule has 5 rings (SSSR count). The van der Waals surface area contributed by atoms with E-state index in [0.29, 0.717) is 22.4 Å². The molecule has 1 aliphatic heterocycles. The van der Waals surface area contributed by atoms with Gasteiger partial charge in [-0.1, -0.05) is 22.9 Å². The summed E-state index contributed by atoms with van der Waals surface area (Å²) in [6.45, 7) is 5.81. The van der Waals surface area contributed by atoms with Gasteiger partial charge in [-0.05, 0) is 64.1 Å². The summed E-state index contributed by atoms with van der Waals surface area (Å²) in [7, 11) is 2.11. The molecular formula is C26H27N5O4. The summed E-state index contributed by atoms with van der Waals surface area (Å²) in [6, 6.07) is 12.7. The van der Waals surface area contributed by atoms with Crippen LogP contribution in [0, 0.1) is 13.8 Å². The number of benzene rings is 2. The van der Waals surface area contributed by atoms with Crippen molar-refractivity contribution >= 4 is 28.3 Å². The van der Waals surface area contributed by atoms with Crippen molar-refractivity contribution in [1.82, 2.24) is 20.3 Å². The van der Waals surface area contributed by atoms with Crippen molar-refractivity contribution in [2.45, 2.75) is 32.8 Å². The van der Waals surface area contributed by atoms with Gasteiger partial charge in [0.1, 0.15) is 23.1 Å². The number of piperidine rings is 1. The highest BCUT2D eigenvalue weighted by atomic mass is 16.5. The fourth-order valence-corrected chi connectivity index (χ4v) is 4.34. The van der Waals surface area contributed by atoms with Crippen molar-refractivity contribution in [3.05, 3.63) is 75.9 Å². The van der Waals surface area contributed by atoms with Crippen molar-refractivity contribution in [3.63, 3.8) is 0 Å². The number of amides is 1. The lowest BCUT2D eigenvalue weighted by Gasteiger charge is -2.29. The molecule has 4 aromatic rings. The van der Waals surface area contributed by atoms with Crippen LogP contribution in [0.15, 0.2) is 57.9 Å². The summed E-state index contributed by atoms with van der Waals surface area (Å²) < 4.78 is 12.0. The normalized spacial score (nSPS) is 14.8. The van der Waals surface area contributed by atoms with Gasteiger partial charge in [-0.2, -0.15) is 0 Å². The zero-order valence-corrected chi connectivity index (χ0v) is 19.9. The number of hydrogen-bond acceptors (Lipinski definition) is 7. The van der Waals surface area contributed by atoms with E-state index in [2.05, 4.69) is 27.4 Å². The number of aromatic nitrogens is 3. The Labute approximate surface area is 202 Å². The fourth-order valence-electron chi connectivity index (χ4n) is 4.34. The molecular weight excluding hydrogens is 446 g/mol. The Bertz CT molecular complexity index is 1400. The van der Waals surface area contributed by atoms with E-state index in [4.69, 9.17) is 9.15 Å². The van der Waals surface area contributed by atoms with Crippen molar-refractivity contribution < 1.29 is 13.9 Å². The lowest BCUT2D eigenvalue weighted by atomic mass is 10.1. The maximum absolute atomic E-state index is 13.3. The van der Waals surface area contributed by atoms with Gasteiger partial charge >= 0.3 is 5.63 Å². The van der Waals surface area contributed by atoms with Crippen LogP contribution in [0.2, 0.25) is 0 Å². The molecule has 3 heterocycles. The minimum Gasteiger partial charge on any atom is -0.490 e. The molecule has 2 aromatic heterocycles. The van der Waals surface area contributed by atoms with Crippen LogP contribution in [0.5, 0.6) is 5.75 Å². The number of nitrogens with one attached hydrogen (secondary N) is 1. The Kier molecular flexibility index (Phi) is 6.08. The zero-order chi connectivity index (χ0) is 24.5. The number of aromatic amines is 1. The zero-order valence-electron chi connectivity index (χ0n) is 19.9. The predicted molar refractivity (Wildman–Crippen MR) is 132 cm³/mol. The van der Waals surface area contributed by atoms with Crippen molar-refractivity contribution in [2.75, 3.05) is 25.0 Å². The van der Waals surface area contributed by atoms with Crippen molar-refractivity contribution in [2.24, 2.45) is 0 Å². The first-order valence-corrected chi connectivity index (χ1v) is 11.6. The SMILES string of the molecule is Cc1ccc(N(C(=O)c2c[nH]nn2)c2cc3ccc(OC4CCN(C)CC4)c(C)c3oc2=O)cc1. The van der Waals surface area contributed by atoms with Crippen LogP contribution in [0.25, 0.3) is 11.0 Å². The highest BCUT2D eigenvalue weighted by Gasteiger charge is 2.26. The van der Waals surface area contributed by atoms with Gasteiger partial charge in [0, 0.05) is 29.7 Å². The molecule has 0 bridgehead atoms. The fraction of sp³-hybridized carbons (Fsp3) is 0.308. The number of carbonyl (C=O) groups excluding carboxylic acids is 1. The Balaban J connectivity index is 1.55. The Hall–Kier alpha value is -3.98. The number of fused-ring (bicyclic) bond motifs is 1. The summed E-state index contributed by atoms with van der Waals surface area (Å²) in [5.74, 6) is 0.213. The molecule has 1 aliphatic rings. The lowest BCUT2D eigenvalue weighted by Crippen LogP contribution is -2.35. The van der Waals surface area contributed by atoms with E-state index in [1.807, 2.05) is 38.1 Å². The van der Waals surface area contributed by atoms with Crippen LogP contribution in [-0.4, -0.2) is 52.5 Å². The number of rotatable bonds is 5. The number of likely N-dealkylation sites (tertiary alicyclic amines) is 1. The lowest BCUT2D eigenvalue weighted by molar-refractivity contribution is 0.0993. The molecule has 0 saturated carbocycles. The summed E-state index contributed by atoms with van der Waals surface area (Å²) >= 11 is 0. The van der Waals surface area contributed by atoms with Crippen molar-refractivity contribution in [1.29, 1.82) is 0 Å². The molecule has 35 heavy (non-hydrogen) atoms. The van der Waals surface area contributed by atoms with Gasteiger partial charge in [0.05, 0.1) is 6.20 Å². The van der Waals surface area contributed by atoms with Gasteiger partial charge in [0.2, 0.25) is 0 Å². The third-order valence-corrected chi connectivity index (χ3v) is 6.41. The van der Waals surface area contributed by atoms with Crippen molar-refractivity contribution in [3.8, 4) is 5.75 Å². The Morgan fingerprint density at radius 2 is 1.89 bits per heavy atom. The van der Waals surface area contributed by atoms with E-state index in [1.165, 1.54) is 11.1 Å². The first-order valence-electron chi connectivity index (χ1n) is 11.6. The van der Waals surface area contributed by atoms with Gasteiger partial charge in [0.25, 0.3) is 5.91 Å². The topological polar surface area (TPSA) is 105 Å². The number of ether oxygens (including phenoxy) is 1. The molecule has 1 amide bonds. The van der Waals surface area contributed by atoms with Gasteiger partial charge in [0.15, 0.2) is 5.69 Å². The maximum atomic E-state index is 13.3. The molecule has 0 radical (unpaired) electrons. The molecule has 0 unspecified atom stereocenters. The highest BCUT2D eigenvalue weighted by Crippen LogP contribution is 2.32.